The summed E-state index contributed by atoms with van der Waals surface area (Å²) in [6, 6.07) is 5.63. The molecule has 1 unspecified atom stereocenters. The van der Waals surface area contributed by atoms with E-state index in [1.807, 2.05) is 13.1 Å². The van der Waals surface area contributed by atoms with Crippen LogP contribution in [-0.4, -0.2) is 13.1 Å². The van der Waals surface area contributed by atoms with Crippen LogP contribution in [0.3, 0.4) is 0 Å². The van der Waals surface area contributed by atoms with Gasteiger partial charge in [0, 0.05) is 6.04 Å². The number of likely N-dealkylation sites (N-methyl/N-ethyl adjacent to an activating group) is 1. The van der Waals surface area contributed by atoms with Crippen molar-refractivity contribution in [3.05, 3.63) is 35.1 Å². The van der Waals surface area contributed by atoms with E-state index in [9.17, 15) is 4.39 Å². The number of aryl methyl sites for hydroxylation is 1. The molecule has 1 aromatic carbocycles. The molecule has 0 spiro atoms. The van der Waals surface area contributed by atoms with Crippen LogP contribution in [-0.2, 0) is 6.42 Å². The zero-order valence-electron chi connectivity index (χ0n) is 14.0. The van der Waals surface area contributed by atoms with Crippen LogP contribution in [0.4, 0.5) is 4.39 Å². The second-order valence-electron chi connectivity index (χ2n) is 7.09. The predicted octanol–water partition coefficient (Wildman–Crippen LogP) is 4.73. The fourth-order valence-corrected chi connectivity index (χ4v) is 3.82. The van der Waals surface area contributed by atoms with Crippen molar-refractivity contribution in [2.24, 2.45) is 17.8 Å². The van der Waals surface area contributed by atoms with Crippen LogP contribution in [0.15, 0.2) is 18.2 Å². The maximum atomic E-state index is 13.5. The van der Waals surface area contributed by atoms with Crippen molar-refractivity contribution in [1.82, 2.24) is 5.32 Å². The van der Waals surface area contributed by atoms with Gasteiger partial charge in [-0.15, -0.1) is 0 Å². The zero-order valence-corrected chi connectivity index (χ0v) is 14.0. The molecular formula is C19H30FN. The largest absolute Gasteiger partial charge is 0.316 e. The summed E-state index contributed by atoms with van der Waals surface area (Å²) >= 11 is 0. The van der Waals surface area contributed by atoms with Crippen LogP contribution in [0.2, 0.25) is 0 Å². The Morgan fingerprint density at radius 1 is 1.14 bits per heavy atom. The molecular weight excluding hydrogens is 261 g/mol. The van der Waals surface area contributed by atoms with E-state index in [0.29, 0.717) is 6.04 Å². The van der Waals surface area contributed by atoms with Gasteiger partial charge in [-0.1, -0.05) is 19.9 Å². The first-order valence-corrected chi connectivity index (χ1v) is 8.43. The van der Waals surface area contributed by atoms with Gasteiger partial charge in [-0.25, -0.2) is 4.39 Å². The van der Waals surface area contributed by atoms with Crippen LogP contribution >= 0.6 is 0 Å². The summed E-state index contributed by atoms with van der Waals surface area (Å²) in [6.07, 6.45) is 6.26. The van der Waals surface area contributed by atoms with Crippen LogP contribution < -0.4 is 5.32 Å². The molecule has 1 atom stereocenters. The average molecular weight is 291 g/mol. The summed E-state index contributed by atoms with van der Waals surface area (Å²) in [6.45, 7) is 6.77. The molecule has 2 rings (SSSR count). The van der Waals surface area contributed by atoms with Crippen molar-refractivity contribution >= 4 is 0 Å². The average Bonchev–Trinajstić information content (AvgIpc) is 2.48. The van der Waals surface area contributed by atoms with E-state index in [1.54, 1.807) is 12.1 Å². The summed E-state index contributed by atoms with van der Waals surface area (Å²) in [7, 11) is 2.05. The zero-order chi connectivity index (χ0) is 15.4. The minimum absolute atomic E-state index is 0.117. The van der Waals surface area contributed by atoms with Crippen molar-refractivity contribution in [3.8, 4) is 0 Å². The Hall–Kier alpha value is -0.890. The highest BCUT2D eigenvalue weighted by molar-refractivity contribution is 5.27. The van der Waals surface area contributed by atoms with Gasteiger partial charge < -0.3 is 5.32 Å². The molecule has 21 heavy (non-hydrogen) atoms. The Kier molecular flexibility index (Phi) is 5.80. The lowest BCUT2D eigenvalue weighted by atomic mass is 9.73. The highest BCUT2D eigenvalue weighted by Crippen LogP contribution is 2.35. The Bertz CT molecular complexity index is 447. The van der Waals surface area contributed by atoms with E-state index in [-0.39, 0.29) is 5.82 Å². The molecule has 1 N–H and O–H groups in total. The monoisotopic (exact) mass is 291 g/mol. The van der Waals surface area contributed by atoms with E-state index < -0.39 is 0 Å². The first-order valence-electron chi connectivity index (χ1n) is 8.43. The van der Waals surface area contributed by atoms with Crippen LogP contribution in [0.25, 0.3) is 0 Å². The second kappa shape index (κ2) is 7.40. The van der Waals surface area contributed by atoms with Gasteiger partial charge >= 0.3 is 0 Å². The molecule has 1 aliphatic rings. The van der Waals surface area contributed by atoms with Crippen LogP contribution in [0.5, 0.6) is 0 Å². The molecule has 1 nitrogen and oxygen atoms in total. The second-order valence-corrected chi connectivity index (χ2v) is 7.09. The maximum absolute atomic E-state index is 13.5. The van der Waals surface area contributed by atoms with E-state index in [0.717, 1.165) is 29.7 Å². The number of halogens is 1. The van der Waals surface area contributed by atoms with Crippen molar-refractivity contribution in [2.75, 3.05) is 7.05 Å². The highest BCUT2D eigenvalue weighted by atomic mass is 19.1. The maximum Gasteiger partial charge on any atom is 0.123 e. The third-order valence-electron chi connectivity index (χ3n) is 5.45. The van der Waals surface area contributed by atoms with Crippen molar-refractivity contribution in [3.63, 3.8) is 0 Å². The lowest BCUT2D eigenvalue weighted by Crippen LogP contribution is -2.38. The van der Waals surface area contributed by atoms with Gasteiger partial charge in [-0.05, 0) is 87.1 Å². The van der Waals surface area contributed by atoms with E-state index in [2.05, 4.69) is 26.1 Å². The Morgan fingerprint density at radius 3 is 2.33 bits per heavy atom. The van der Waals surface area contributed by atoms with E-state index in [4.69, 9.17) is 0 Å². The van der Waals surface area contributed by atoms with Gasteiger partial charge in [0.25, 0.3) is 0 Å². The van der Waals surface area contributed by atoms with Gasteiger partial charge in [0.05, 0.1) is 0 Å². The molecule has 0 radical (unpaired) electrons. The smallest absolute Gasteiger partial charge is 0.123 e. The first-order chi connectivity index (χ1) is 10.0. The first kappa shape index (κ1) is 16.5. The fourth-order valence-electron chi connectivity index (χ4n) is 3.82. The molecule has 0 saturated heterocycles. The van der Waals surface area contributed by atoms with Crippen LogP contribution in [0, 0.1) is 30.5 Å². The number of hydrogen-bond donors (Lipinski definition) is 1. The molecule has 1 aromatic rings. The summed E-state index contributed by atoms with van der Waals surface area (Å²) in [5.41, 5.74) is 2.35. The molecule has 0 bridgehead atoms. The lowest BCUT2D eigenvalue weighted by molar-refractivity contribution is 0.191. The lowest BCUT2D eigenvalue weighted by Gasteiger charge is -2.35. The molecule has 0 aromatic heterocycles. The number of nitrogens with one attached hydrogen (secondary N) is 1. The van der Waals surface area contributed by atoms with Crippen LogP contribution in [0.1, 0.15) is 50.7 Å². The Balaban J connectivity index is 1.99. The summed E-state index contributed by atoms with van der Waals surface area (Å²) in [5, 5.41) is 3.49. The van der Waals surface area contributed by atoms with Gasteiger partial charge in [0.2, 0.25) is 0 Å². The summed E-state index contributed by atoms with van der Waals surface area (Å²) in [5.74, 6) is 2.32. The van der Waals surface area contributed by atoms with Gasteiger partial charge in [-0.3, -0.25) is 0 Å². The fraction of sp³-hybridized carbons (Fsp3) is 0.684. The molecule has 1 saturated carbocycles. The Labute approximate surface area is 129 Å². The predicted molar refractivity (Wildman–Crippen MR) is 88.0 cm³/mol. The minimum Gasteiger partial charge on any atom is -0.316 e. The standard InChI is InChI=1S/C19H30FN/c1-13(2)15-6-8-16(9-7-15)19(21-4)12-17-11-18(20)10-5-14(17)3/h5,10-11,13,15-16,19,21H,6-9,12H2,1-4H3. The number of rotatable bonds is 5. The summed E-state index contributed by atoms with van der Waals surface area (Å²) in [4.78, 5) is 0. The van der Waals surface area contributed by atoms with Gasteiger partial charge in [0.15, 0.2) is 0 Å². The number of benzene rings is 1. The molecule has 1 aliphatic carbocycles. The Morgan fingerprint density at radius 2 is 1.76 bits per heavy atom. The molecule has 118 valence electrons. The van der Waals surface area contributed by atoms with E-state index >= 15 is 0 Å². The molecule has 0 amide bonds. The molecule has 1 fully saturated rings. The summed E-state index contributed by atoms with van der Waals surface area (Å²) < 4.78 is 13.5. The third-order valence-corrected chi connectivity index (χ3v) is 5.45. The molecule has 0 heterocycles. The quantitative estimate of drug-likeness (QED) is 0.827. The minimum atomic E-state index is -0.117. The van der Waals surface area contributed by atoms with Gasteiger partial charge in [0.1, 0.15) is 5.82 Å². The highest BCUT2D eigenvalue weighted by Gasteiger charge is 2.28. The molecule has 2 heteroatoms. The van der Waals surface area contributed by atoms with E-state index in [1.165, 1.54) is 31.2 Å². The van der Waals surface area contributed by atoms with Crippen molar-refractivity contribution in [1.29, 1.82) is 0 Å². The van der Waals surface area contributed by atoms with Crippen molar-refractivity contribution < 1.29 is 4.39 Å². The van der Waals surface area contributed by atoms with Crippen molar-refractivity contribution in [2.45, 2.75) is 58.9 Å². The normalized spacial score (nSPS) is 24.3. The third kappa shape index (κ3) is 4.29. The molecule has 0 aliphatic heterocycles. The SMILES string of the molecule is CNC(Cc1cc(F)ccc1C)C1CCC(C(C)C)CC1. The van der Waals surface area contributed by atoms with Gasteiger partial charge in [-0.2, -0.15) is 0 Å². The number of hydrogen-bond acceptors (Lipinski definition) is 1. The topological polar surface area (TPSA) is 12.0 Å².